The first kappa shape index (κ1) is 11.9. The molecule has 80 valence electrons. The van der Waals surface area contributed by atoms with Crippen LogP contribution in [0.5, 0.6) is 0 Å². The molecule has 1 saturated carbocycles. The second-order valence-electron chi connectivity index (χ2n) is 3.42. The number of halogens is 4. The molecule has 1 aliphatic rings. The number of rotatable bonds is 2. The zero-order valence-corrected chi connectivity index (χ0v) is 8.62. The van der Waals surface area contributed by atoms with Gasteiger partial charge in [-0.05, 0) is 29.6 Å². The Morgan fingerprint density at radius 1 is 1.14 bits per heavy atom. The van der Waals surface area contributed by atoms with Crippen molar-refractivity contribution in [3.05, 3.63) is 0 Å². The average Bonchev–Trinajstić information content (AvgIpc) is 2.01. The Kier molecular flexibility index (Phi) is 3.48. The normalized spacial score (nSPS) is 31.1. The molecule has 0 amide bonds. The van der Waals surface area contributed by atoms with E-state index in [1.165, 1.54) is 0 Å². The van der Waals surface area contributed by atoms with Gasteiger partial charge in [-0.1, -0.05) is 0 Å². The van der Waals surface area contributed by atoms with Crippen molar-refractivity contribution >= 4 is 33.7 Å². The molecule has 0 aromatic heterocycles. The molecule has 1 fully saturated rings. The maximum atomic E-state index is 12.9. The van der Waals surface area contributed by atoms with Crippen LogP contribution in [0.1, 0.15) is 19.3 Å². The van der Waals surface area contributed by atoms with E-state index in [-0.39, 0.29) is 6.42 Å². The number of carbonyl (C=O) groups excluding carboxylic acids is 2. The summed E-state index contributed by atoms with van der Waals surface area (Å²) >= 11 is 10.3. The third-order valence-electron chi connectivity index (χ3n) is 2.41. The summed E-state index contributed by atoms with van der Waals surface area (Å²) in [6.07, 6.45) is -1.19. The second kappa shape index (κ2) is 4.11. The van der Waals surface area contributed by atoms with Gasteiger partial charge >= 0.3 is 0 Å². The summed E-state index contributed by atoms with van der Waals surface area (Å²) in [6.45, 7) is 0. The molecule has 0 heterocycles. The molecule has 0 aromatic carbocycles. The molecule has 0 aliphatic heterocycles. The lowest BCUT2D eigenvalue weighted by Gasteiger charge is -2.31. The fraction of sp³-hybridized carbons (Fsp3) is 0.750. The van der Waals surface area contributed by atoms with Crippen molar-refractivity contribution in [1.82, 2.24) is 0 Å². The Labute approximate surface area is 89.5 Å². The van der Waals surface area contributed by atoms with E-state index in [0.717, 1.165) is 0 Å². The lowest BCUT2D eigenvalue weighted by atomic mass is 9.79. The van der Waals surface area contributed by atoms with Crippen LogP contribution in [0.15, 0.2) is 0 Å². The minimum atomic E-state index is -2.92. The number of hydrogen-bond acceptors (Lipinski definition) is 2. The maximum absolute atomic E-state index is 12.9. The molecular formula is C8H8Cl2F2O2. The third-order valence-corrected chi connectivity index (χ3v) is 2.97. The first-order chi connectivity index (χ1) is 6.33. The monoisotopic (exact) mass is 244 g/mol. The molecule has 0 aromatic rings. The molecule has 2 atom stereocenters. The highest BCUT2D eigenvalue weighted by molar-refractivity contribution is 6.66. The highest BCUT2D eigenvalue weighted by Crippen LogP contribution is 2.41. The maximum Gasteiger partial charge on any atom is 0.248 e. The van der Waals surface area contributed by atoms with Crippen LogP contribution in [0.2, 0.25) is 0 Å². The summed E-state index contributed by atoms with van der Waals surface area (Å²) in [6, 6.07) is 0. The molecule has 2 unspecified atom stereocenters. The van der Waals surface area contributed by atoms with Crippen LogP contribution in [-0.4, -0.2) is 16.4 Å². The zero-order valence-electron chi connectivity index (χ0n) is 7.10. The summed E-state index contributed by atoms with van der Waals surface area (Å²) in [4.78, 5) is 21.7. The summed E-state index contributed by atoms with van der Waals surface area (Å²) in [7, 11) is 0. The van der Waals surface area contributed by atoms with Gasteiger partial charge in [-0.15, -0.1) is 0 Å². The van der Waals surface area contributed by atoms with Crippen LogP contribution in [0.3, 0.4) is 0 Å². The van der Waals surface area contributed by atoms with Gasteiger partial charge in [-0.25, -0.2) is 8.78 Å². The molecule has 0 spiro atoms. The largest absolute Gasteiger partial charge is 0.281 e. The van der Waals surface area contributed by atoms with Gasteiger partial charge in [0.05, 0.1) is 0 Å². The number of hydrogen-bond donors (Lipinski definition) is 0. The van der Waals surface area contributed by atoms with E-state index >= 15 is 0 Å². The van der Waals surface area contributed by atoms with Crippen molar-refractivity contribution in [2.75, 3.05) is 0 Å². The predicted molar refractivity (Wildman–Crippen MR) is 47.5 cm³/mol. The molecule has 6 heteroatoms. The van der Waals surface area contributed by atoms with Gasteiger partial charge in [0.15, 0.2) is 0 Å². The Bertz CT molecular complexity index is 268. The lowest BCUT2D eigenvalue weighted by molar-refractivity contribution is -0.134. The van der Waals surface area contributed by atoms with E-state index in [2.05, 4.69) is 0 Å². The summed E-state index contributed by atoms with van der Waals surface area (Å²) in [5.41, 5.74) is 0. The molecular weight excluding hydrogens is 237 g/mol. The van der Waals surface area contributed by atoms with Crippen molar-refractivity contribution in [3.63, 3.8) is 0 Å². The summed E-state index contributed by atoms with van der Waals surface area (Å²) < 4.78 is 25.8. The molecule has 0 N–H and O–H groups in total. The predicted octanol–water partition coefficient (Wildman–Crippen LogP) is 2.57. The minimum absolute atomic E-state index is 0.0849. The van der Waals surface area contributed by atoms with E-state index in [1.807, 2.05) is 0 Å². The first-order valence-corrected chi connectivity index (χ1v) is 4.85. The van der Waals surface area contributed by atoms with Gasteiger partial charge < -0.3 is 0 Å². The quantitative estimate of drug-likeness (QED) is 0.700. The van der Waals surface area contributed by atoms with E-state index in [4.69, 9.17) is 23.2 Å². The molecule has 1 rings (SSSR count). The van der Waals surface area contributed by atoms with Crippen molar-refractivity contribution in [3.8, 4) is 0 Å². The lowest BCUT2D eigenvalue weighted by Crippen LogP contribution is -2.37. The topological polar surface area (TPSA) is 34.1 Å². The highest BCUT2D eigenvalue weighted by atomic mass is 35.5. The Morgan fingerprint density at radius 2 is 1.64 bits per heavy atom. The van der Waals surface area contributed by atoms with Crippen molar-refractivity contribution in [2.45, 2.75) is 25.2 Å². The van der Waals surface area contributed by atoms with Crippen molar-refractivity contribution < 1.29 is 18.4 Å². The fourth-order valence-electron chi connectivity index (χ4n) is 1.64. The van der Waals surface area contributed by atoms with Crippen LogP contribution >= 0.6 is 23.2 Å². The molecule has 14 heavy (non-hydrogen) atoms. The minimum Gasteiger partial charge on any atom is -0.281 e. The van der Waals surface area contributed by atoms with Gasteiger partial charge in [0.1, 0.15) is 0 Å². The van der Waals surface area contributed by atoms with E-state index < -0.39 is 41.1 Å². The smallest absolute Gasteiger partial charge is 0.248 e. The summed E-state index contributed by atoms with van der Waals surface area (Å²) in [5, 5.41) is -1.68. The van der Waals surface area contributed by atoms with E-state index in [9.17, 15) is 18.4 Å². The first-order valence-electron chi connectivity index (χ1n) is 4.10. The van der Waals surface area contributed by atoms with Crippen LogP contribution in [0.25, 0.3) is 0 Å². The third kappa shape index (κ3) is 2.64. The van der Waals surface area contributed by atoms with E-state index in [1.54, 1.807) is 0 Å². The van der Waals surface area contributed by atoms with Gasteiger partial charge in [0.25, 0.3) is 0 Å². The van der Waals surface area contributed by atoms with Crippen LogP contribution < -0.4 is 0 Å². The number of carbonyl (C=O) groups is 2. The average molecular weight is 245 g/mol. The Hall–Kier alpha value is -0.220. The van der Waals surface area contributed by atoms with Gasteiger partial charge in [0.2, 0.25) is 16.4 Å². The highest BCUT2D eigenvalue weighted by Gasteiger charge is 2.46. The van der Waals surface area contributed by atoms with E-state index in [0.29, 0.717) is 0 Å². The zero-order chi connectivity index (χ0) is 10.9. The fourth-order valence-corrected chi connectivity index (χ4v) is 2.13. The molecule has 0 saturated heterocycles. The van der Waals surface area contributed by atoms with Crippen LogP contribution in [-0.2, 0) is 9.59 Å². The SMILES string of the molecule is O=C(Cl)C1CCC(F)(F)CC1C(=O)Cl. The van der Waals surface area contributed by atoms with Gasteiger partial charge in [-0.3, -0.25) is 9.59 Å². The van der Waals surface area contributed by atoms with Crippen molar-refractivity contribution in [1.29, 1.82) is 0 Å². The van der Waals surface area contributed by atoms with Crippen LogP contribution in [0.4, 0.5) is 8.78 Å². The standard InChI is InChI=1S/C8H8Cl2F2O2/c9-6(13)4-1-2-8(11,12)3-5(4)7(10)14/h4-5H,1-3H2. The molecule has 1 aliphatic carbocycles. The summed E-state index contributed by atoms with van der Waals surface area (Å²) in [5.74, 6) is -4.93. The van der Waals surface area contributed by atoms with Crippen molar-refractivity contribution in [2.24, 2.45) is 11.8 Å². The molecule has 0 radical (unpaired) electrons. The Balaban J connectivity index is 2.81. The Morgan fingerprint density at radius 3 is 2.07 bits per heavy atom. The second-order valence-corrected chi connectivity index (χ2v) is 4.17. The van der Waals surface area contributed by atoms with Gasteiger partial charge in [-0.2, -0.15) is 0 Å². The van der Waals surface area contributed by atoms with Gasteiger partial charge in [0, 0.05) is 24.7 Å². The number of alkyl halides is 2. The van der Waals surface area contributed by atoms with Crippen LogP contribution in [0, 0.1) is 11.8 Å². The molecule has 0 bridgehead atoms. The molecule has 2 nitrogen and oxygen atoms in total.